The van der Waals surface area contributed by atoms with Gasteiger partial charge in [0.15, 0.2) is 0 Å². The fraction of sp³-hybridized carbons (Fsp3) is 0.250. The molecule has 0 aliphatic carbocycles. The molecule has 1 heterocycles. The zero-order valence-corrected chi connectivity index (χ0v) is 10.7. The molecule has 2 aromatic rings. The van der Waals surface area contributed by atoms with Crippen molar-refractivity contribution in [2.45, 2.75) is 12.5 Å². The Morgan fingerprint density at radius 1 is 1.56 bits per heavy atom. The van der Waals surface area contributed by atoms with E-state index in [1.54, 1.807) is 18.3 Å². The Kier molecular flexibility index (Phi) is 3.96. The molecule has 6 heteroatoms. The van der Waals surface area contributed by atoms with E-state index >= 15 is 0 Å². The van der Waals surface area contributed by atoms with E-state index in [2.05, 4.69) is 10.4 Å². The molecule has 96 valence electrons. The number of halogens is 2. The zero-order valence-electron chi connectivity index (χ0n) is 9.90. The Morgan fingerprint density at radius 3 is 2.89 bits per heavy atom. The third kappa shape index (κ3) is 2.53. The summed E-state index contributed by atoms with van der Waals surface area (Å²) in [4.78, 5) is 4.20. The highest BCUT2D eigenvalue weighted by Crippen LogP contribution is 2.24. The fourth-order valence-corrected chi connectivity index (χ4v) is 2.11. The molecule has 3 N–H and O–H groups in total. The molecule has 1 aromatic heterocycles. The van der Waals surface area contributed by atoms with E-state index in [1.807, 2.05) is 17.8 Å². The first-order chi connectivity index (χ1) is 8.63. The van der Waals surface area contributed by atoms with Crippen molar-refractivity contribution in [3.05, 3.63) is 52.8 Å². The lowest BCUT2D eigenvalue weighted by molar-refractivity contribution is 0.494. The molecule has 0 saturated heterocycles. The van der Waals surface area contributed by atoms with Gasteiger partial charge in [0.05, 0.1) is 6.04 Å². The van der Waals surface area contributed by atoms with E-state index in [1.165, 1.54) is 6.07 Å². The minimum atomic E-state index is -0.336. The fourth-order valence-electron chi connectivity index (χ4n) is 1.87. The Morgan fingerprint density at radius 2 is 2.33 bits per heavy atom. The van der Waals surface area contributed by atoms with Crippen LogP contribution >= 0.6 is 11.6 Å². The van der Waals surface area contributed by atoms with Crippen LogP contribution in [0.5, 0.6) is 0 Å². The Balaban J connectivity index is 2.29. The monoisotopic (exact) mass is 268 g/mol. The molecule has 0 saturated carbocycles. The zero-order chi connectivity index (χ0) is 13.1. The number of nitrogens with two attached hydrogens (primary N) is 1. The van der Waals surface area contributed by atoms with Gasteiger partial charge in [-0.2, -0.15) is 0 Å². The van der Waals surface area contributed by atoms with Crippen LogP contribution in [0.3, 0.4) is 0 Å². The molecular weight excluding hydrogens is 255 g/mol. The lowest BCUT2D eigenvalue weighted by atomic mass is 10.1. The first-order valence-electron chi connectivity index (χ1n) is 5.49. The summed E-state index contributed by atoms with van der Waals surface area (Å²) in [6, 6.07) is 4.32. The van der Waals surface area contributed by atoms with Crippen LogP contribution < -0.4 is 11.3 Å². The van der Waals surface area contributed by atoms with Crippen molar-refractivity contribution in [2.75, 3.05) is 0 Å². The predicted molar refractivity (Wildman–Crippen MR) is 68.4 cm³/mol. The van der Waals surface area contributed by atoms with Gasteiger partial charge in [-0.15, -0.1) is 0 Å². The van der Waals surface area contributed by atoms with Gasteiger partial charge in [0.25, 0.3) is 0 Å². The van der Waals surface area contributed by atoms with E-state index in [-0.39, 0.29) is 11.9 Å². The molecule has 0 bridgehead atoms. The van der Waals surface area contributed by atoms with Crippen LogP contribution in [0, 0.1) is 5.82 Å². The molecular formula is C12H14ClFN4. The van der Waals surface area contributed by atoms with Crippen molar-refractivity contribution >= 4 is 11.6 Å². The highest BCUT2D eigenvalue weighted by Gasteiger charge is 2.18. The van der Waals surface area contributed by atoms with Gasteiger partial charge >= 0.3 is 0 Å². The van der Waals surface area contributed by atoms with Crippen molar-refractivity contribution in [3.63, 3.8) is 0 Å². The smallest absolute Gasteiger partial charge is 0.127 e. The number of hydrogen-bond acceptors (Lipinski definition) is 3. The van der Waals surface area contributed by atoms with Gasteiger partial charge < -0.3 is 4.57 Å². The van der Waals surface area contributed by atoms with Crippen LogP contribution in [0.1, 0.15) is 17.4 Å². The number of aryl methyl sites for hydroxylation is 1. The van der Waals surface area contributed by atoms with Crippen molar-refractivity contribution in [1.29, 1.82) is 0 Å². The summed E-state index contributed by atoms with van der Waals surface area (Å²) in [5.41, 5.74) is 3.07. The number of benzene rings is 1. The molecule has 0 spiro atoms. The number of rotatable bonds is 4. The molecule has 0 aliphatic heterocycles. The topological polar surface area (TPSA) is 55.9 Å². The molecule has 0 fully saturated rings. The predicted octanol–water partition coefficient (Wildman–Crippen LogP) is 1.96. The van der Waals surface area contributed by atoms with E-state index < -0.39 is 0 Å². The Hall–Kier alpha value is -1.43. The van der Waals surface area contributed by atoms with E-state index in [4.69, 9.17) is 17.4 Å². The second-order valence-corrected chi connectivity index (χ2v) is 4.43. The van der Waals surface area contributed by atoms with E-state index in [0.717, 1.165) is 5.82 Å². The SMILES string of the molecule is Cn1ccnc1C(Cc1c(F)cccc1Cl)NN. The van der Waals surface area contributed by atoms with Gasteiger partial charge in [0.1, 0.15) is 11.6 Å². The van der Waals surface area contributed by atoms with Crippen LogP contribution in [-0.4, -0.2) is 9.55 Å². The van der Waals surface area contributed by atoms with Gasteiger partial charge in [0.2, 0.25) is 0 Å². The molecule has 1 aromatic carbocycles. The second-order valence-electron chi connectivity index (χ2n) is 4.02. The maximum Gasteiger partial charge on any atom is 0.127 e. The van der Waals surface area contributed by atoms with E-state index in [9.17, 15) is 4.39 Å². The van der Waals surface area contributed by atoms with Crippen LogP contribution in [0.4, 0.5) is 4.39 Å². The van der Waals surface area contributed by atoms with Crippen LogP contribution in [-0.2, 0) is 13.5 Å². The maximum atomic E-state index is 13.7. The van der Waals surface area contributed by atoms with Gasteiger partial charge in [0, 0.05) is 36.4 Å². The summed E-state index contributed by atoms with van der Waals surface area (Å²) in [7, 11) is 1.86. The average molecular weight is 269 g/mol. The molecule has 0 amide bonds. The summed E-state index contributed by atoms with van der Waals surface area (Å²) in [5, 5.41) is 0.393. The third-order valence-corrected chi connectivity index (χ3v) is 3.20. The molecule has 0 radical (unpaired) electrons. The average Bonchev–Trinajstić information content (AvgIpc) is 2.76. The number of aromatic nitrogens is 2. The molecule has 4 nitrogen and oxygen atoms in total. The third-order valence-electron chi connectivity index (χ3n) is 2.84. The minimum absolute atomic E-state index is 0.292. The molecule has 2 rings (SSSR count). The van der Waals surface area contributed by atoms with Gasteiger partial charge in [-0.1, -0.05) is 17.7 Å². The van der Waals surface area contributed by atoms with E-state index in [0.29, 0.717) is 17.0 Å². The van der Waals surface area contributed by atoms with Crippen molar-refractivity contribution in [2.24, 2.45) is 12.9 Å². The number of nitrogens with one attached hydrogen (secondary N) is 1. The largest absolute Gasteiger partial charge is 0.337 e. The summed E-state index contributed by atoms with van der Waals surface area (Å²) in [5.74, 6) is 5.91. The van der Waals surface area contributed by atoms with Crippen molar-refractivity contribution in [1.82, 2.24) is 15.0 Å². The Bertz CT molecular complexity index is 520. The highest BCUT2D eigenvalue weighted by molar-refractivity contribution is 6.31. The minimum Gasteiger partial charge on any atom is -0.337 e. The first kappa shape index (κ1) is 13.0. The number of nitrogens with zero attached hydrogens (tertiary/aromatic N) is 2. The summed E-state index contributed by atoms with van der Waals surface area (Å²) < 4.78 is 15.5. The summed E-state index contributed by atoms with van der Waals surface area (Å²) in [6.07, 6.45) is 3.82. The Labute approximate surface area is 110 Å². The standard InChI is InChI=1S/C12H14ClFN4/c1-18-6-5-16-12(18)11(17-15)7-8-9(13)3-2-4-10(8)14/h2-6,11,17H,7,15H2,1H3. The van der Waals surface area contributed by atoms with Crippen molar-refractivity contribution < 1.29 is 4.39 Å². The molecule has 1 unspecified atom stereocenters. The van der Waals surface area contributed by atoms with Crippen LogP contribution in [0.2, 0.25) is 5.02 Å². The molecule has 0 aliphatic rings. The lowest BCUT2D eigenvalue weighted by Crippen LogP contribution is -2.31. The maximum absolute atomic E-state index is 13.7. The normalized spacial score (nSPS) is 12.7. The molecule has 1 atom stereocenters. The van der Waals surface area contributed by atoms with Gasteiger partial charge in [-0.3, -0.25) is 5.84 Å². The number of hydrogen-bond donors (Lipinski definition) is 2. The summed E-state index contributed by atoms with van der Waals surface area (Å²) in [6.45, 7) is 0. The van der Waals surface area contributed by atoms with Gasteiger partial charge in [-0.25, -0.2) is 14.8 Å². The summed E-state index contributed by atoms with van der Waals surface area (Å²) >= 11 is 6.00. The van der Waals surface area contributed by atoms with Crippen LogP contribution in [0.25, 0.3) is 0 Å². The highest BCUT2D eigenvalue weighted by atomic mass is 35.5. The second kappa shape index (κ2) is 5.48. The lowest BCUT2D eigenvalue weighted by Gasteiger charge is -2.16. The van der Waals surface area contributed by atoms with Crippen LogP contribution in [0.15, 0.2) is 30.6 Å². The van der Waals surface area contributed by atoms with Crippen molar-refractivity contribution in [3.8, 4) is 0 Å². The molecule has 18 heavy (non-hydrogen) atoms. The number of hydrazine groups is 1. The first-order valence-corrected chi connectivity index (χ1v) is 5.87. The quantitative estimate of drug-likeness (QED) is 0.658. The van der Waals surface area contributed by atoms with Gasteiger partial charge in [-0.05, 0) is 12.1 Å². The number of imidazole rings is 1.